The lowest BCUT2D eigenvalue weighted by Gasteiger charge is -2.28. The molecule has 0 saturated heterocycles. The van der Waals surface area contributed by atoms with E-state index in [0.717, 1.165) is 17.1 Å². The van der Waals surface area contributed by atoms with Gasteiger partial charge in [0.05, 0.1) is 27.1 Å². The number of para-hydroxylation sites is 2. The van der Waals surface area contributed by atoms with Crippen LogP contribution in [0.25, 0.3) is 89.7 Å². The fraction of sp³-hybridized carbons (Fsp3) is 0. The molecule has 0 fully saturated rings. The molecule has 0 saturated carbocycles. The number of hydrogen-bond acceptors (Lipinski definition) is 3. The summed E-state index contributed by atoms with van der Waals surface area (Å²) < 4.78 is 7.64. The molecule has 0 aliphatic rings. The zero-order valence-electron chi connectivity index (χ0n) is 30.2. The summed E-state index contributed by atoms with van der Waals surface area (Å²) in [6, 6.07) is 71.5. The minimum Gasteiger partial charge on any atom is -0.309 e. The molecule has 0 unspecified atom stereocenters. The van der Waals surface area contributed by atoms with E-state index >= 15 is 0 Å². The van der Waals surface area contributed by atoms with Gasteiger partial charge >= 0.3 is 0 Å². The zero-order chi connectivity index (χ0) is 36.7. The van der Waals surface area contributed by atoms with Gasteiger partial charge in [0.15, 0.2) is 0 Å². The molecule has 9 aromatic carbocycles. The summed E-state index contributed by atoms with van der Waals surface area (Å²) in [5, 5.41) is 10.2. The fourth-order valence-corrected chi connectivity index (χ4v) is 11.2. The highest BCUT2D eigenvalue weighted by Crippen LogP contribution is 2.49. The van der Waals surface area contributed by atoms with Crippen LogP contribution in [0.1, 0.15) is 0 Å². The molecule has 56 heavy (non-hydrogen) atoms. The highest BCUT2D eigenvalue weighted by molar-refractivity contribution is 7.26. The quantitative estimate of drug-likeness (QED) is 0.170. The Morgan fingerprint density at radius 1 is 0.357 bits per heavy atom. The molecule has 0 aliphatic heterocycles. The Morgan fingerprint density at radius 3 is 1.82 bits per heavy atom. The van der Waals surface area contributed by atoms with Gasteiger partial charge in [0, 0.05) is 63.2 Å². The predicted octanol–water partition coefficient (Wildman–Crippen LogP) is 15.8. The van der Waals surface area contributed by atoms with E-state index in [1.54, 1.807) is 0 Å². The third kappa shape index (κ3) is 4.73. The van der Waals surface area contributed by atoms with Crippen molar-refractivity contribution in [3.63, 3.8) is 0 Å². The molecule has 12 rings (SSSR count). The van der Waals surface area contributed by atoms with Crippen LogP contribution in [0.15, 0.2) is 194 Å². The van der Waals surface area contributed by atoms with Crippen LogP contribution in [0.2, 0.25) is 0 Å². The van der Waals surface area contributed by atoms with Crippen molar-refractivity contribution in [2.45, 2.75) is 0 Å². The molecule has 0 radical (unpaired) electrons. The van der Waals surface area contributed by atoms with Crippen LogP contribution < -0.4 is 4.90 Å². The summed E-state index contributed by atoms with van der Waals surface area (Å²) in [5.74, 6) is 0. The van der Waals surface area contributed by atoms with Crippen LogP contribution in [0.4, 0.5) is 17.1 Å². The number of rotatable bonds is 5. The Balaban J connectivity index is 1.13. The fourth-order valence-electron chi connectivity index (χ4n) is 8.89. The minimum atomic E-state index is 1.12. The van der Waals surface area contributed by atoms with Crippen molar-refractivity contribution in [3.05, 3.63) is 194 Å². The smallest absolute Gasteiger partial charge is 0.0640 e. The monoisotopic (exact) mass is 748 g/mol. The van der Waals surface area contributed by atoms with E-state index in [0.29, 0.717) is 0 Å². The molecule has 2 nitrogen and oxygen atoms in total. The van der Waals surface area contributed by atoms with Crippen molar-refractivity contribution in [2.24, 2.45) is 0 Å². The number of fused-ring (bicyclic) bond motifs is 10. The van der Waals surface area contributed by atoms with E-state index in [9.17, 15) is 0 Å². The van der Waals surface area contributed by atoms with Gasteiger partial charge in [0.25, 0.3) is 0 Å². The Hall–Kier alpha value is -6.72. The summed E-state index contributed by atoms with van der Waals surface area (Å²) in [6.45, 7) is 0. The van der Waals surface area contributed by atoms with E-state index in [2.05, 4.69) is 204 Å². The van der Waals surface area contributed by atoms with Crippen LogP contribution in [0.3, 0.4) is 0 Å². The highest BCUT2D eigenvalue weighted by atomic mass is 32.1. The molecule has 0 aliphatic carbocycles. The Morgan fingerprint density at radius 2 is 0.982 bits per heavy atom. The first-order valence-corrected chi connectivity index (χ1v) is 20.6. The second-order valence-electron chi connectivity index (χ2n) is 14.5. The normalized spacial score (nSPS) is 11.9. The van der Waals surface area contributed by atoms with Gasteiger partial charge in [-0.15, -0.1) is 22.7 Å². The second-order valence-corrected chi connectivity index (χ2v) is 16.6. The molecule has 0 amide bonds. The maximum absolute atomic E-state index is 2.51. The van der Waals surface area contributed by atoms with Crippen LogP contribution >= 0.6 is 22.7 Å². The van der Waals surface area contributed by atoms with Crippen molar-refractivity contribution in [2.75, 3.05) is 4.90 Å². The summed E-state index contributed by atoms with van der Waals surface area (Å²) >= 11 is 3.75. The third-order valence-electron chi connectivity index (χ3n) is 11.4. The summed E-state index contributed by atoms with van der Waals surface area (Å²) in [4.78, 5) is 2.51. The number of hydrogen-bond donors (Lipinski definition) is 0. The Kier molecular flexibility index (Phi) is 7.00. The van der Waals surface area contributed by atoms with Gasteiger partial charge < -0.3 is 9.47 Å². The van der Waals surface area contributed by atoms with E-state index in [4.69, 9.17) is 0 Å². The van der Waals surface area contributed by atoms with Gasteiger partial charge in [0.1, 0.15) is 0 Å². The van der Waals surface area contributed by atoms with Crippen molar-refractivity contribution in [1.29, 1.82) is 0 Å². The average molecular weight is 749 g/mol. The van der Waals surface area contributed by atoms with Crippen LogP contribution in [0.5, 0.6) is 0 Å². The topological polar surface area (TPSA) is 8.17 Å². The van der Waals surface area contributed by atoms with Gasteiger partial charge in [-0.25, -0.2) is 0 Å². The maximum atomic E-state index is 2.51. The van der Waals surface area contributed by atoms with Crippen LogP contribution in [-0.2, 0) is 0 Å². The summed E-state index contributed by atoms with van der Waals surface area (Å²) in [6.07, 6.45) is 0. The van der Waals surface area contributed by atoms with E-state index < -0.39 is 0 Å². The second kappa shape index (κ2) is 12.4. The van der Waals surface area contributed by atoms with E-state index in [-0.39, 0.29) is 0 Å². The molecule has 4 heteroatoms. The summed E-state index contributed by atoms with van der Waals surface area (Å²) in [7, 11) is 0. The lowest BCUT2D eigenvalue weighted by Crippen LogP contribution is -2.11. The number of thiophene rings is 2. The molecule has 0 bridgehead atoms. The number of benzene rings is 9. The van der Waals surface area contributed by atoms with Crippen molar-refractivity contribution >= 4 is 113 Å². The number of aromatic nitrogens is 1. The van der Waals surface area contributed by atoms with E-state index in [1.807, 2.05) is 22.7 Å². The molecule has 3 aromatic heterocycles. The average Bonchev–Trinajstić information content (AvgIpc) is 3.93. The van der Waals surface area contributed by atoms with Crippen molar-refractivity contribution in [1.82, 2.24) is 4.57 Å². The van der Waals surface area contributed by atoms with Crippen molar-refractivity contribution < 1.29 is 0 Å². The SMILES string of the molecule is c1ccc(-n2c3ccccc3c3ccc(N(c4ccc(-c5ccc6c(c5)sc5ccccc56)c5ccccc45)c4cccc5c4sc4ccccc45)cc32)cc1. The maximum Gasteiger partial charge on any atom is 0.0640 e. The molecular weight excluding hydrogens is 717 g/mol. The zero-order valence-corrected chi connectivity index (χ0v) is 31.8. The molecule has 3 heterocycles. The Labute approximate surface area is 331 Å². The highest BCUT2D eigenvalue weighted by Gasteiger charge is 2.23. The molecular formula is C52H32N2S2. The van der Waals surface area contributed by atoms with Gasteiger partial charge in [-0.2, -0.15) is 0 Å². The molecule has 262 valence electrons. The molecule has 0 spiro atoms. The first kappa shape index (κ1) is 31.6. The van der Waals surface area contributed by atoms with Crippen LogP contribution in [-0.4, -0.2) is 4.57 Å². The number of nitrogens with zero attached hydrogens (tertiary/aromatic N) is 2. The first-order valence-electron chi connectivity index (χ1n) is 19.0. The first-order chi connectivity index (χ1) is 27.8. The summed E-state index contributed by atoms with van der Waals surface area (Å²) in [5.41, 5.74) is 9.46. The predicted molar refractivity (Wildman–Crippen MR) is 244 cm³/mol. The third-order valence-corrected chi connectivity index (χ3v) is 13.7. The van der Waals surface area contributed by atoms with Crippen molar-refractivity contribution in [3.8, 4) is 16.8 Å². The van der Waals surface area contributed by atoms with Gasteiger partial charge in [-0.05, 0) is 77.2 Å². The molecule has 0 atom stereocenters. The van der Waals surface area contributed by atoms with Gasteiger partial charge in [-0.1, -0.05) is 133 Å². The lowest BCUT2D eigenvalue weighted by atomic mass is 9.95. The standard InChI is InChI=1S/C52H32N2S2/c1-2-13-34(14-3-1)53-45-21-9-6-17-39(45)40-28-26-35(32-48(40)53)54(47-22-12-20-44-42-19-8-11-24-50(42)56-52(44)47)46-30-29-36(37-15-4-5-16-38(37)46)33-25-27-43-41-18-7-10-23-49(41)55-51(43)31-33/h1-32H. The van der Waals surface area contributed by atoms with Gasteiger partial charge in [-0.3, -0.25) is 0 Å². The molecule has 12 aromatic rings. The van der Waals surface area contributed by atoms with Crippen LogP contribution in [0, 0.1) is 0 Å². The largest absolute Gasteiger partial charge is 0.309 e. The lowest BCUT2D eigenvalue weighted by molar-refractivity contribution is 1.18. The van der Waals surface area contributed by atoms with E-state index in [1.165, 1.54) is 89.7 Å². The molecule has 0 N–H and O–H groups in total. The number of anilines is 3. The Bertz CT molecular complexity index is 3500. The minimum absolute atomic E-state index is 1.12. The van der Waals surface area contributed by atoms with Gasteiger partial charge in [0.2, 0.25) is 0 Å².